The fourth-order valence-electron chi connectivity index (χ4n) is 7.67. The maximum Gasteiger partial charge on any atom is 0.155 e. The molecule has 0 radical (unpaired) electrons. The summed E-state index contributed by atoms with van der Waals surface area (Å²) < 4.78 is 0. The number of carbonyl (C=O) groups is 1. The number of ketones is 1. The van der Waals surface area contributed by atoms with E-state index in [9.17, 15) is 4.79 Å². The van der Waals surface area contributed by atoms with Gasteiger partial charge in [-0.1, -0.05) is 26.3 Å². The van der Waals surface area contributed by atoms with Crippen molar-refractivity contribution in [1.29, 1.82) is 0 Å². The lowest BCUT2D eigenvalue weighted by Gasteiger charge is -2.58. The van der Waals surface area contributed by atoms with Gasteiger partial charge in [0.2, 0.25) is 0 Å². The molecule has 0 amide bonds. The van der Waals surface area contributed by atoms with Crippen molar-refractivity contribution in [3.8, 4) is 0 Å². The molecule has 4 rings (SSSR count). The van der Waals surface area contributed by atoms with Gasteiger partial charge in [-0.05, 0) is 91.4 Å². The van der Waals surface area contributed by atoms with Gasteiger partial charge >= 0.3 is 0 Å². The Morgan fingerprint density at radius 1 is 1.16 bits per heavy atom. The third kappa shape index (κ3) is 2.44. The summed E-state index contributed by atoms with van der Waals surface area (Å²) in [5, 5.41) is 12.3. The highest BCUT2D eigenvalue weighted by Gasteiger charge is 2.59. The number of hydrogen-bond donors (Lipinski definition) is 1. The molecular formula is C22H33NO2. The highest BCUT2D eigenvalue weighted by Crippen LogP contribution is 2.67. The summed E-state index contributed by atoms with van der Waals surface area (Å²) in [4.78, 5) is 11.9. The number of rotatable bonds is 2. The molecule has 0 heterocycles. The summed E-state index contributed by atoms with van der Waals surface area (Å²) >= 11 is 0. The molecule has 0 spiro atoms. The van der Waals surface area contributed by atoms with Gasteiger partial charge in [0.1, 0.15) is 0 Å². The maximum atomic E-state index is 11.9. The monoisotopic (exact) mass is 343 g/mol. The third-order valence-corrected chi connectivity index (χ3v) is 8.97. The fraction of sp³-hybridized carbons (Fsp3) is 0.818. The SMILES string of the molecule is CC(/C=N/O)C1CCC2C3CCC4=CC(=O)CCC4(C)C3CCC12C. The lowest BCUT2D eigenvalue weighted by molar-refractivity contribution is -0.117. The van der Waals surface area contributed by atoms with E-state index in [-0.39, 0.29) is 5.41 Å². The van der Waals surface area contributed by atoms with Crippen molar-refractivity contribution in [2.75, 3.05) is 0 Å². The summed E-state index contributed by atoms with van der Waals surface area (Å²) in [5.74, 6) is 3.74. The average molecular weight is 344 g/mol. The Morgan fingerprint density at radius 3 is 2.72 bits per heavy atom. The van der Waals surface area contributed by atoms with Crippen LogP contribution in [0, 0.1) is 40.4 Å². The second-order valence-corrected chi connectivity index (χ2v) is 9.82. The zero-order valence-electron chi connectivity index (χ0n) is 16.0. The van der Waals surface area contributed by atoms with Crippen LogP contribution in [0.2, 0.25) is 0 Å². The zero-order chi connectivity index (χ0) is 17.8. The summed E-state index contributed by atoms with van der Waals surface area (Å²) in [5.41, 5.74) is 2.13. The van der Waals surface area contributed by atoms with Crippen molar-refractivity contribution in [2.45, 2.75) is 72.1 Å². The summed E-state index contributed by atoms with van der Waals surface area (Å²) in [6.07, 6.45) is 13.2. The molecule has 3 nitrogen and oxygen atoms in total. The number of nitrogens with zero attached hydrogens (tertiary/aromatic N) is 1. The van der Waals surface area contributed by atoms with Crippen molar-refractivity contribution >= 4 is 12.0 Å². The van der Waals surface area contributed by atoms with Crippen LogP contribution in [0.1, 0.15) is 72.1 Å². The van der Waals surface area contributed by atoms with Crippen LogP contribution >= 0.6 is 0 Å². The van der Waals surface area contributed by atoms with E-state index in [1.165, 1.54) is 37.7 Å². The van der Waals surface area contributed by atoms with Crippen LogP contribution in [0.25, 0.3) is 0 Å². The highest BCUT2D eigenvalue weighted by atomic mass is 16.4. The summed E-state index contributed by atoms with van der Waals surface area (Å²) in [7, 11) is 0. The van der Waals surface area contributed by atoms with E-state index in [1.54, 1.807) is 6.21 Å². The van der Waals surface area contributed by atoms with Crippen LogP contribution in [-0.4, -0.2) is 17.2 Å². The first-order chi connectivity index (χ1) is 11.9. The molecule has 4 aliphatic carbocycles. The lowest BCUT2D eigenvalue weighted by Crippen LogP contribution is -2.51. The van der Waals surface area contributed by atoms with Crippen LogP contribution < -0.4 is 0 Å². The highest BCUT2D eigenvalue weighted by molar-refractivity contribution is 5.91. The van der Waals surface area contributed by atoms with Crippen molar-refractivity contribution < 1.29 is 10.0 Å². The van der Waals surface area contributed by atoms with Crippen molar-refractivity contribution in [3.63, 3.8) is 0 Å². The van der Waals surface area contributed by atoms with Gasteiger partial charge in [-0.2, -0.15) is 0 Å². The van der Waals surface area contributed by atoms with E-state index in [4.69, 9.17) is 5.21 Å². The molecule has 3 fully saturated rings. The number of fused-ring (bicyclic) bond motifs is 5. The molecule has 25 heavy (non-hydrogen) atoms. The van der Waals surface area contributed by atoms with E-state index >= 15 is 0 Å². The van der Waals surface area contributed by atoms with Crippen LogP contribution in [0.15, 0.2) is 16.8 Å². The Bertz CT molecular complexity index is 624. The Balaban J connectivity index is 1.62. The van der Waals surface area contributed by atoms with Gasteiger partial charge in [0, 0.05) is 12.6 Å². The van der Waals surface area contributed by atoms with Crippen LogP contribution in [0.4, 0.5) is 0 Å². The van der Waals surface area contributed by atoms with Gasteiger partial charge in [-0.15, -0.1) is 5.16 Å². The van der Waals surface area contributed by atoms with Gasteiger partial charge in [-0.25, -0.2) is 0 Å². The molecule has 0 aromatic rings. The van der Waals surface area contributed by atoms with Crippen LogP contribution in [0.3, 0.4) is 0 Å². The second-order valence-electron chi connectivity index (χ2n) is 9.82. The zero-order valence-corrected chi connectivity index (χ0v) is 16.0. The maximum absolute atomic E-state index is 11.9. The van der Waals surface area contributed by atoms with Gasteiger partial charge in [0.15, 0.2) is 5.78 Å². The summed E-state index contributed by atoms with van der Waals surface area (Å²) in [6, 6.07) is 0. The van der Waals surface area contributed by atoms with E-state index in [1.807, 2.05) is 6.08 Å². The smallest absolute Gasteiger partial charge is 0.155 e. The first-order valence-electron chi connectivity index (χ1n) is 10.3. The largest absolute Gasteiger partial charge is 0.411 e. The Labute approximate surface area is 151 Å². The van der Waals surface area contributed by atoms with Gasteiger partial charge in [-0.3, -0.25) is 4.79 Å². The molecule has 4 aliphatic rings. The molecule has 0 aliphatic heterocycles. The van der Waals surface area contributed by atoms with E-state index in [2.05, 4.69) is 25.9 Å². The summed E-state index contributed by atoms with van der Waals surface area (Å²) in [6.45, 7) is 7.20. The minimum atomic E-state index is 0.272. The number of oxime groups is 1. The van der Waals surface area contributed by atoms with Crippen molar-refractivity contribution in [3.05, 3.63) is 11.6 Å². The van der Waals surface area contributed by atoms with Crippen molar-refractivity contribution in [1.82, 2.24) is 0 Å². The molecule has 1 N–H and O–H groups in total. The first-order valence-corrected chi connectivity index (χ1v) is 10.3. The predicted molar refractivity (Wildman–Crippen MR) is 99.6 cm³/mol. The molecule has 7 unspecified atom stereocenters. The van der Waals surface area contributed by atoms with Crippen molar-refractivity contribution in [2.24, 2.45) is 45.6 Å². The number of allylic oxidation sites excluding steroid dienone is 1. The molecule has 0 saturated heterocycles. The topological polar surface area (TPSA) is 49.7 Å². The molecule has 3 saturated carbocycles. The van der Waals surface area contributed by atoms with Gasteiger partial charge < -0.3 is 5.21 Å². The predicted octanol–water partition coefficient (Wildman–Crippen LogP) is 5.23. The Hall–Kier alpha value is -1.12. The fourth-order valence-corrected chi connectivity index (χ4v) is 7.67. The standard InChI is InChI=1S/C22H33NO2/c1-14(13-23-25)18-6-7-19-17-5-4-15-12-16(24)8-10-21(15,2)20(17)9-11-22(18,19)3/h12-14,17-20,25H,4-11H2,1-3H3/b23-13+. The van der Waals surface area contributed by atoms with E-state index in [0.717, 1.165) is 37.0 Å². The molecule has 0 bridgehead atoms. The van der Waals surface area contributed by atoms with E-state index in [0.29, 0.717) is 23.0 Å². The average Bonchev–Trinajstić information content (AvgIpc) is 2.93. The second kappa shape index (κ2) is 5.96. The normalized spacial score (nSPS) is 47.8. The minimum absolute atomic E-state index is 0.272. The van der Waals surface area contributed by atoms with Gasteiger partial charge in [0.05, 0.1) is 0 Å². The van der Waals surface area contributed by atoms with Crippen LogP contribution in [-0.2, 0) is 4.79 Å². The Morgan fingerprint density at radius 2 is 1.96 bits per heavy atom. The lowest BCUT2D eigenvalue weighted by atomic mass is 9.46. The molecule has 0 aromatic heterocycles. The Kier molecular flexibility index (Phi) is 4.12. The third-order valence-electron chi connectivity index (χ3n) is 8.97. The molecular weight excluding hydrogens is 310 g/mol. The minimum Gasteiger partial charge on any atom is -0.411 e. The van der Waals surface area contributed by atoms with E-state index < -0.39 is 0 Å². The first kappa shape index (κ1) is 17.3. The molecule has 7 atom stereocenters. The number of carbonyl (C=O) groups excluding carboxylic acids is 1. The quantitative estimate of drug-likeness (QED) is 0.424. The van der Waals surface area contributed by atoms with Gasteiger partial charge in [0.25, 0.3) is 0 Å². The number of hydrogen-bond acceptors (Lipinski definition) is 3. The molecule has 0 aromatic carbocycles. The molecule has 3 heteroatoms. The molecule has 138 valence electrons. The van der Waals surface area contributed by atoms with Crippen LogP contribution in [0.5, 0.6) is 0 Å².